The molecule has 0 saturated carbocycles. The van der Waals surface area contributed by atoms with Gasteiger partial charge in [-0.1, -0.05) is 103 Å². The molecule has 3 heterocycles. The van der Waals surface area contributed by atoms with Crippen LogP contribution in [0.3, 0.4) is 0 Å². The second-order valence-corrected chi connectivity index (χ2v) is 11.2. The van der Waals surface area contributed by atoms with Crippen molar-refractivity contribution in [1.29, 1.82) is 0 Å². The molecule has 0 spiro atoms. The van der Waals surface area contributed by atoms with Gasteiger partial charge in [-0.25, -0.2) is 15.0 Å². The number of aromatic nitrogens is 5. The lowest BCUT2D eigenvalue weighted by molar-refractivity contribution is 0.391. The van der Waals surface area contributed by atoms with Crippen molar-refractivity contribution in [1.82, 2.24) is 30.0 Å². The third kappa shape index (κ3) is 5.94. The van der Waals surface area contributed by atoms with E-state index >= 15 is 0 Å². The predicted octanol–water partition coefficient (Wildman–Crippen LogP) is 6.94. The molecule has 8 heteroatoms. The van der Waals surface area contributed by atoms with E-state index in [1.54, 1.807) is 19.6 Å². The number of hydrogen-bond acceptors (Lipinski definition) is 7. The Labute approximate surface area is 274 Å². The van der Waals surface area contributed by atoms with Gasteiger partial charge < -0.3 is 15.4 Å². The number of benzene rings is 4. The van der Waals surface area contributed by atoms with Crippen LogP contribution in [0.25, 0.3) is 22.0 Å². The van der Waals surface area contributed by atoms with Gasteiger partial charge in [0.25, 0.3) is 0 Å². The van der Waals surface area contributed by atoms with Gasteiger partial charge in [0.05, 0.1) is 18.8 Å². The van der Waals surface area contributed by atoms with Crippen LogP contribution in [-0.2, 0) is 12.1 Å². The molecule has 0 amide bonds. The van der Waals surface area contributed by atoms with E-state index < -0.39 is 5.54 Å². The molecule has 7 aromatic rings. The highest BCUT2D eigenvalue weighted by molar-refractivity contribution is 5.92. The second kappa shape index (κ2) is 13.6. The number of nitrogens with one attached hydrogen (secondary N) is 2. The molecule has 47 heavy (non-hydrogen) atoms. The van der Waals surface area contributed by atoms with E-state index in [9.17, 15) is 0 Å². The summed E-state index contributed by atoms with van der Waals surface area (Å²) >= 11 is 0. The molecule has 2 N–H and O–H groups in total. The van der Waals surface area contributed by atoms with Crippen molar-refractivity contribution >= 4 is 16.7 Å². The maximum Gasteiger partial charge on any atom is 0.217 e. The van der Waals surface area contributed by atoms with Gasteiger partial charge in [-0.3, -0.25) is 4.68 Å². The average Bonchev–Trinajstić information content (AvgIpc) is 3.64. The smallest absolute Gasteiger partial charge is 0.217 e. The number of methoxy groups -OCH3 is 1. The maximum atomic E-state index is 5.37. The first kappa shape index (κ1) is 29.8. The third-order valence-corrected chi connectivity index (χ3v) is 8.42. The molecule has 0 fully saturated rings. The van der Waals surface area contributed by atoms with Crippen LogP contribution in [0.4, 0.5) is 5.82 Å². The van der Waals surface area contributed by atoms with E-state index in [0.717, 1.165) is 56.6 Å². The molecule has 7 rings (SSSR count). The van der Waals surface area contributed by atoms with E-state index in [-0.39, 0.29) is 0 Å². The van der Waals surface area contributed by atoms with Crippen LogP contribution in [0.1, 0.15) is 22.3 Å². The normalized spacial score (nSPS) is 11.4. The summed E-state index contributed by atoms with van der Waals surface area (Å²) in [7, 11) is 1.64. The van der Waals surface area contributed by atoms with Crippen molar-refractivity contribution < 1.29 is 4.74 Å². The second-order valence-electron chi connectivity index (χ2n) is 11.2. The van der Waals surface area contributed by atoms with Crippen LogP contribution in [0, 0.1) is 0 Å². The van der Waals surface area contributed by atoms with Crippen molar-refractivity contribution in [2.24, 2.45) is 0 Å². The van der Waals surface area contributed by atoms with E-state index in [0.29, 0.717) is 19.0 Å². The largest absolute Gasteiger partial charge is 0.481 e. The number of ether oxygens (including phenoxy) is 1. The van der Waals surface area contributed by atoms with Gasteiger partial charge in [0.1, 0.15) is 17.7 Å². The minimum absolute atomic E-state index is 0.638. The van der Waals surface area contributed by atoms with E-state index in [2.05, 4.69) is 140 Å². The summed E-state index contributed by atoms with van der Waals surface area (Å²) in [5, 5.41) is 12.9. The van der Waals surface area contributed by atoms with Gasteiger partial charge >= 0.3 is 0 Å². The van der Waals surface area contributed by atoms with Crippen molar-refractivity contribution in [3.63, 3.8) is 0 Å². The molecule has 0 unspecified atom stereocenters. The molecule has 8 nitrogen and oxygen atoms in total. The highest BCUT2D eigenvalue weighted by atomic mass is 16.5. The van der Waals surface area contributed by atoms with Crippen molar-refractivity contribution in [2.75, 3.05) is 25.5 Å². The molecule has 4 aromatic carbocycles. The molecule has 0 radical (unpaired) electrons. The fourth-order valence-corrected chi connectivity index (χ4v) is 6.20. The lowest BCUT2D eigenvalue weighted by atomic mass is 9.77. The van der Waals surface area contributed by atoms with Gasteiger partial charge in [0.15, 0.2) is 0 Å². The van der Waals surface area contributed by atoms with Crippen LogP contribution in [0.5, 0.6) is 5.88 Å². The Morgan fingerprint density at radius 2 is 1.38 bits per heavy atom. The highest BCUT2D eigenvalue weighted by Gasteiger charge is 2.39. The van der Waals surface area contributed by atoms with Crippen molar-refractivity contribution in [3.8, 4) is 17.0 Å². The van der Waals surface area contributed by atoms with E-state index in [4.69, 9.17) is 9.84 Å². The standard InChI is InChI=1S/C39H35N7O/c1-47-38-30(12-11-21-42-38)25-40-22-23-41-37-35-24-29(19-20-36(35)43-28-44-37)31-26-45-46(27-31)39(32-13-5-2-6-14-32,33-15-7-3-8-16-33)34-17-9-4-10-18-34/h2-21,24,26-28,40H,22-23,25H2,1H3,(H,41,43,44). The van der Waals surface area contributed by atoms with Gasteiger partial charge in [-0.05, 0) is 40.5 Å². The van der Waals surface area contributed by atoms with Gasteiger partial charge in [-0.2, -0.15) is 5.10 Å². The molecular weight excluding hydrogens is 582 g/mol. The first-order chi connectivity index (χ1) is 23.3. The Morgan fingerprint density at radius 1 is 0.702 bits per heavy atom. The zero-order valence-corrected chi connectivity index (χ0v) is 26.1. The Balaban J connectivity index is 1.20. The number of pyridine rings is 1. The number of rotatable bonds is 12. The van der Waals surface area contributed by atoms with Gasteiger partial charge in [0, 0.05) is 48.5 Å². The Morgan fingerprint density at radius 3 is 2.04 bits per heavy atom. The van der Waals surface area contributed by atoms with Crippen LogP contribution in [-0.4, -0.2) is 44.9 Å². The Hall–Kier alpha value is -5.86. The average molecular weight is 618 g/mol. The predicted molar refractivity (Wildman–Crippen MR) is 186 cm³/mol. The van der Waals surface area contributed by atoms with Gasteiger partial charge in [0.2, 0.25) is 5.88 Å². The molecule has 0 bridgehead atoms. The number of nitrogens with zero attached hydrogens (tertiary/aromatic N) is 5. The quantitative estimate of drug-likeness (QED) is 0.113. The van der Waals surface area contributed by atoms with Crippen LogP contribution < -0.4 is 15.4 Å². The first-order valence-electron chi connectivity index (χ1n) is 15.7. The van der Waals surface area contributed by atoms with E-state index in [1.807, 2.05) is 24.4 Å². The number of hydrogen-bond donors (Lipinski definition) is 2. The summed E-state index contributed by atoms with van der Waals surface area (Å²) in [4.78, 5) is 13.4. The monoisotopic (exact) mass is 617 g/mol. The van der Waals surface area contributed by atoms with Gasteiger partial charge in [-0.15, -0.1) is 0 Å². The van der Waals surface area contributed by atoms with E-state index in [1.165, 1.54) is 0 Å². The Kier molecular flexibility index (Phi) is 8.66. The third-order valence-electron chi connectivity index (χ3n) is 8.42. The minimum atomic E-state index is -0.679. The zero-order chi connectivity index (χ0) is 31.9. The van der Waals surface area contributed by atoms with Crippen LogP contribution >= 0.6 is 0 Å². The van der Waals surface area contributed by atoms with Crippen molar-refractivity contribution in [3.05, 3.63) is 168 Å². The topological polar surface area (TPSA) is 89.8 Å². The minimum Gasteiger partial charge on any atom is -0.481 e. The molecule has 0 atom stereocenters. The number of fused-ring (bicyclic) bond motifs is 1. The Bertz CT molecular complexity index is 1970. The molecule has 0 aliphatic carbocycles. The molecule has 0 aliphatic rings. The zero-order valence-electron chi connectivity index (χ0n) is 26.1. The summed E-state index contributed by atoms with van der Waals surface area (Å²) in [5.41, 5.74) is 6.62. The fourth-order valence-electron chi connectivity index (χ4n) is 6.20. The molecule has 0 saturated heterocycles. The molecule has 232 valence electrons. The summed E-state index contributed by atoms with van der Waals surface area (Å²) in [5.74, 6) is 1.43. The van der Waals surface area contributed by atoms with Crippen LogP contribution in [0.15, 0.2) is 146 Å². The highest BCUT2D eigenvalue weighted by Crippen LogP contribution is 2.41. The maximum absolute atomic E-state index is 5.37. The molecule has 3 aromatic heterocycles. The molecular formula is C39H35N7O. The summed E-state index contributed by atoms with van der Waals surface area (Å²) in [6.07, 6.45) is 7.42. The lowest BCUT2D eigenvalue weighted by Gasteiger charge is -2.36. The first-order valence-corrected chi connectivity index (χ1v) is 15.7. The SMILES string of the molecule is COc1ncccc1CNCCNc1ncnc2ccc(-c3cnn(C(c4ccccc4)(c4ccccc4)c4ccccc4)c3)cc12. The number of anilines is 1. The summed E-state index contributed by atoms with van der Waals surface area (Å²) < 4.78 is 7.46. The fraction of sp³-hybridized carbons (Fsp3) is 0.128. The van der Waals surface area contributed by atoms with Crippen LogP contribution in [0.2, 0.25) is 0 Å². The summed E-state index contributed by atoms with van der Waals surface area (Å²) in [6, 6.07) is 41.9. The lowest BCUT2D eigenvalue weighted by Crippen LogP contribution is -2.38. The van der Waals surface area contributed by atoms with Crippen molar-refractivity contribution in [2.45, 2.75) is 12.1 Å². The molecule has 0 aliphatic heterocycles. The summed E-state index contributed by atoms with van der Waals surface area (Å²) in [6.45, 7) is 2.08.